The largest absolute Gasteiger partial charge is 0.489 e. The molecule has 1 aromatic rings. The van der Waals surface area contributed by atoms with Crippen LogP contribution in [0.2, 0.25) is 0 Å². The van der Waals surface area contributed by atoms with Gasteiger partial charge in [0.2, 0.25) is 0 Å². The third-order valence-corrected chi connectivity index (χ3v) is 5.56. The average molecular weight is 312 g/mol. The molecule has 0 spiro atoms. The minimum absolute atomic E-state index is 0.0974. The normalized spacial score (nSPS) is 27.0. The topological polar surface area (TPSA) is 59.1 Å². The summed E-state index contributed by atoms with van der Waals surface area (Å²) in [5.74, 6) is 0.613. The molecule has 3 rings (SSSR count). The summed E-state index contributed by atoms with van der Waals surface area (Å²) in [6.45, 7) is 5.25. The Kier molecular flexibility index (Phi) is 3.81. The number of anilines is 1. The summed E-state index contributed by atoms with van der Waals surface area (Å²) in [6, 6.07) is 7.23. The molecule has 0 bridgehead atoms. The van der Waals surface area contributed by atoms with Crippen molar-refractivity contribution in [1.29, 1.82) is 0 Å². The lowest BCUT2D eigenvalue weighted by atomic mass is 10.2. The van der Waals surface area contributed by atoms with E-state index in [9.17, 15) is 8.42 Å². The Bertz CT molecular complexity index is 609. The van der Waals surface area contributed by atoms with Crippen LogP contribution in [0, 0.1) is 0 Å². The number of rotatable bonds is 2. The first-order valence-electron chi connectivity index (χ1n) is 7.13. The number of nitrogens with zero attached hydrogens (tertiary/aromatic N) is 2. The lowest BCUT2D eigenvalue weighted by Gasteiger charge is -2.39. The van der Waals surface area contributed by atoms with Gasteiger partial charge in [0, 0.05) is 13.1 Å². The first-order chi connectivity index (χ1) is 9.98. The van der Waals surface area contributed by atoms with Crippen LogP contribution in [-0.2, 0) is 14.9 Å². The molecule has 0 radical (unpaired) electrons. The maximum atomic E-state index is 12.9. The van der Waals surface area contributed by atoms with Crippen molar-refractivity contribution in [2.45, 2.75) is 26.1 Å². The van der Waals surface area contributed by atoms with Gasteiger partial charge in [0.1, 0.15) is 12.4 Å². The van der Waals surface area contributed by atoms with Gasteiger partial charge in [-0.05, 0) is 26.0 Å². The van der Waals surface area contributed by atoms with E-state index in [-0.39, 0.29) is 12.2 Å². The SMILES string of the molecule is C[C@@H]1CN(S(=O)(=O)N2CCOc3ccccc32)C[C@@H](C)O1. The molecule has 0 amide bonds. The van der Waals surface area contributed by atoms with Crippen LogP contribution in [0.4, 0.5) is 5.69 Å². The summed E-state index contributed by atoms with van der Waals surface area (Å²) in [5.41, 5.74) is 0.607. The summed E-state index contributed by atoms with van der Waals surface area (Å²) in [4.78, 5) is 0. The highest BCUT2D eigenvalue weighted by molar-refractivity contribution is 7.90. The van der Waals surface area contributed by atoms with Crippen LogP contribution in [0.15, 0.2) is 24.3 Å². The molecule has 0 unspecified atom stereocenters. The lowest BCUT2D eigenvalue weighted by molar-refractivity contribution is -0.0441. The highest BCUT2D eigenvalue weighted by atomic mass is 32.2. The van der Waals surface area contributed by atoms with Crippen molar-refractivity contribution in [2.75, 3.05) is 30.5 Å². The zero-order chi connectivity index (χ0) is 15.0. The van der Waals surface area contributed by atoms with Gasteiger partial charge in [0.15, 0.2) is 0 Å². The molecule has 0 N–H and O–H groups in total. The van der Waals surface area contributed by atoms with Gasteiger partial charge in [-0.3, -0.25) is 4.31 Å². The van der Waals surface area contributed by atoms with Gasteiger partial charge in [-0.1, -0.05) is 12.1 Å². The van der Waals surface area contributed by atoms with Crippen molar-refractivity contribution in [3.05, 3.63) is 24.3 Å². The number of hydrogen-bond donors (Lipinski definition) is 0. The molecule has 7 heteroatoms. The van der Waals surface area contributed by atoms with Gasteiger partial charge in [0.05, 0.1) is 24.4 Å². The van der Waals surface area contributed by atoms with Crippen LogP contribution in [0.5, 0.6) is 5.75 Å². The molecule has 1 aromatic carbocycles. The standard InChI is InChI=1S/C14H20N2O4S/c1-11-9-15(10-12(2)20-11)21(17,18)16-7-8-19-14-6-4-3-5-13(14)16/h3-6,11-12H,7-10H2,1-2H3/t11-,12-/m1/s1. The third kappa shape index (κ3) is 2.73. The number of para-hydroxylation sites is 2. The quantitative estimate of drug-likeness (QED) is 0.824. The summed E-state index contributed by atoms with van der Waals surface area (Å²) in [6.07, 6.45) is -0.195. The summed E-state index contributed by atoms with van der Waals surface area (Å²) in [7, 11) is -3.56. The first-order valence-corrected chi connectivity index (χ1v) is 8.53. The fraction of sp³-hybridized carbons (Fsp3) is 0.571. The molecule has 1 fully saturated rings. The summed E-state index contributed by atoms with van der Waals surface area (Å²) < 4.78 is 40.0. The van der Waals surface area contributed by atoms with Crippen LogP contribution in [-0.4, -0.2) is 51.2 Å². The number of ether oxygens (including phenoxy) is 2. The Labute approximate surface area is 125 Å². The third-order valence-electron chi connectivity index (χ3n) is 3.68. The average Bonchev–Trinajstić information content (AvgIpc) is 2.45. The highest BCUT2D eigenvalue weighted by Crippen LogP contribution is 2.34. The van der Waals surface area contributed by atoms with Crippen molar-refractivity contribution in [3.63, 3.8) is 0 Å². The zero-order valence-corrected chi connectivity index (χ0v) is 13.0. The maximum Gasteiger partial charge on any atom is 0.304 e. The molecule has 0 aliphatic carbocycles. The van der Waals surface area contributed by atoms with Gasteiger partial charge in [-0.15, -0.1) is 0 Å². The van der Waals surface area contributed by atoms with Gasteiger partial charge < -0.3 is 9.47 Å². The van der Waals surface area contributed by atoms with Gasteiger partial charge in [-0.25, -0.2) is 0 Å². The molecular weight excluding hydrogens is 292 g/mol. The number of fused-ring (bicyclic) bond motifs is 1. The Morgan fingerprint density at radius 1 is 1.14 bits per heavy atom. The molecule has 2 aliphatic heterocycles. The van der Waals surface area contributed by atoms with E-state index in [0.717, 1.165) is 0 Å². The van der Waals surface area contributed by atoms with E-state index in [4.69, 9.17) is 9.47 Å². The minimum Gasteiger partial charge on any atom is -0.489 e. The van der Waals surface area contributed by atoms with Crippen molar-refractivity contribution in [1.82, 2.24) is 4.31 Å². The van der Waals surface area contributed by atoms with Crippen molar-refractivity contribution < 1.29 is 17.9 Å². The van der Waals surface area contributed by atoms with Gasteiger partial charge in [0.25, 0.3) is 0 Å². The van der Waals surface area contributed by atoms with Crippen LogP contribution < -0.4 is 9.04 Å². The molecule has 0 saturated carbocycles. The van der Waals surface area contributed by atoms with Crippen molar-refractivity contribution in [2.24, 2.45) is 0 Å². The van der Waals surface area contributed by atoms with Crippen LogP contribution in [0.25, 0.3) is 0 Å². The Morgan fingerprint density at radius 3 is 2.52 bits per heavy atom. The highest BCUT2D eigenvalue weighted by Gasteiger charge is 2.37. The van der Waals surface area contributed by atoms with E-state index in [2.05, 4.69) is 0 Å². The molecule has 0 aromatic heterocycles. The number of benzene rings is 1. The molecule has 116 valence electrons. The lowest BCUT2D eigenvalue weighted by Crippen LogP contribution is -2.54. The summed E-state index contributed by atoms with van der Waals surface area (Å²) in [5, 5.41) is 0. The smallest absolute Gasteiger partial charge is 0.304 e. The molecule has 2 heterocycles. The fourth-order valence-electron chi connectivity index (χ4n) is 2.84. The monoisotopic (exact) mass is 312 g/mol. The second-order valence-electron chi connectivity index (χ2n) is 5.47. The zero-order valence-electron chi connectivity index (χ0n) is 12.2. The predicted molar refractivity (Wildman–Crippen MR) is 79.8 cm³/mol. The van der Waals surface area contributed by atoms with E-state index in [0.29, 0.717) is 37.7 Å². The van der Waals surface area contributed by atoms with E-state index < -0.39 is 10.2 Å². The van der Waals surface area contributed by atoms with Gasteiger partial charge >= 0.3 is 10.2 Å². The molecule has 2 atom stereocenters. The van der Waals surface area contributed by atoms with Crippen LogP contribution in [0.1, 0.15) is 13.8 Å². The molecule has 1 saturated heterocycles. The first kappa shape index (κ1) is 14.6. The second-order valence-corrected chi connectivity index (χ2v) is 7.32. The maximum absolute atomic E-state index is 12.9. The van der Waals surface area contributed by atoms with Crippen LogP contribution >= 0.6 is 0 Å². The Morgan fingerprint density at radius 2 is 1.81 bits per heavy atom. The Hall–Kier alpha value is -1.31. The van der Waals surface area contributed by atoms with Crippen molar-refractivity contribution in [3.8, 4) is 5.75 Å². The summed E-state index contributed by atoms with van der Waals surface area (Å²) >= 11 is 0. The van der Waals surface area contributed by atoms with Gasteiger partial charge in [-0.2, -0.15) is 12.7 Å². The fourth-order valence-corrected chi connectivity index (χ4v) is 4.62. The van der Waals surface area contributed by atoms with Crippen LogP contribution in [0.3, 0.4) is 0 Å². The number of hydrogen-bond acceptors (Lipinski definition) is 4. The Balaban J connectivity index is 1.92. The molecule has 2 aliphatic rings. The van der Waals surface area contributed by atoms with E-state index in [1.807, 2.05) is 26.0 Å². The van der Waals surface area contributed by atoms with Crippen molar-refractivity contribution >= 4 is 15.9 Å². The van der Waals surface area contributed by atoms with E-state index >= 15 is 0 Å². The van der Waals surface area contributed by atoms with E-state index in [1.54, 1.807) is 12.1 Å². The molecule has 21 heavy (non-hydrogen) atoms. The molecule has 6 nitrogen and oxygen atoms in total. The predicted octanol–water partition coefficient (Wildman–Crippen LogP) is 1.24. The second kappa shape index (κ2) is 5.47. The minimum atomic E-state index is -3.56. The van der Waals surface area contributed by atoms with E-state index in [1.165, 1.54) is 8.61 Å². The number of morpholine rings is 1. The molecular formula is C14H20N2O4S.